The third-order valence-corrected chi connectivity index (χ3v) is 2.33. The van der Waals surface area contributed by atoms with Crippen LogP contribution in [0.1, 0.15) is 31.0 Å². The van der Waals surface area contributed by atoms with Gasteiger partial charge in [0.25, 0.3) is 0 Å². The summed E-state index contributed by atoms with van der Waals surface area (Å²) in [5.74, 6) is 2.67. The lowest BCUT2D eigenvalue weighted by Crippen LogP contribution is -2.27. The fourth-order valence-corrected chi connectivity index (χ4v) is 1.37. The van der Waals surface area contributed by atoms with E-state index in [1.165, 1.54) is 11.1 Å². The summed E-state index contributed by atoms with van der Waals surface area (Å²) in [6.45, 7) is 6.20. The number of hydrogen-bond donors (Lipinski definition) is 1. The SMILES string of the molecule is C#CC(C)NC(C)c1ccc(C)cc1. The van der Waals surface area contributed by atoms with E-state index in [0.29, 0.717) is 6.04 Å². The van der Waals surface area contributed by atoms with Crippen molar-refractivity contribution >= 4 is 0 Å². The number of rotatable bonds is 3. The summed E-state index contributed by atoms with van der Waals surface area (Å²) in [4.78, 5) is 0. The van der Waals surface area contributed by atoms with Gasteiger partial charge < -0.3 is 0 Å². The molecule has 1 heteroatoms. The second-order valence-corrected chi connectivity index (χ2v) is 3.69. The molecule has 0 radical (unpaired) electrons. The molecule has 0 aliphatic carbocycles. The molecule has 1 aromatic carbocycles. The van der Waals surface area contributed by atoms with Crippen LogP contribution in [0.25, 0.3) is 0 Å². The molecular formula is C13H17N. The zero-order valence-electron chi connectivity index (χ0n) is 9.04. The lowest BCUT2D eigenvalue weighted by atomic mass is 10.1. The Morgan fingerprint density at radius 2 is 1.79 bits per heavy atom. The molecule has 1 nitrogen and oxygen atoms in total. The number of hydrogen-bond acceptors (Lipinski definition) is 1. The third kappa shape index (κ3) is 2.90. The van der Waals surface area contributed by atoms with Crippen LogP contribution in [0, 0.1) is 19.3 Å². The van der Waals surface area contributed by atoms with E-state index in [1.807, 2.05) is 6.92 Å². The molecule has 1 N–H and O–H groups in total. The van der Waals surface area contributed by atoms with Gasteiger partial charge in [-0.3, -0.25) is 5.32 Å². The van der Waals surface area contributed by atoms with Crippen LogP contribution in [-0.4, -0.2) is 6.04 Å². The first-order valence-corrected chi connectivity index (χ1v) is 4.92. The Kier molecular flexibility index (Phi) is 3.73. The summed E-state index contributed by atoms with van der Waals surface area (Å²) >= 11 is 0. The van der Waals surface area contributed by atoms with Crippen molar-refractivity contribution in [3.63, 3.8) is 0 Å². The fourth-order valence-electron chi connectivity index (χ4n) is 1.37. The summed E-state index contributed by atoms with van der Waals surface area (Å²) in [5.41, 5.74) is 2.56. The van der Waals surface area contributed by atoms with Gasteiger partial charge in [-0.05, 0) is 26.3 Å². The van der Waals surface area contributed by atoms with Gasteiger partial charge in [-0.25, -0.2) is 0 Å². The highest BCUT2D eigenvalue weighted by atomic mass is 14.9. The Labute approximate surface area is 86.5 Å². The van der Waals surface area contributed by atoms with Crippen LogP contribution in [0.3, 0.4) is 0 Å². The fraction of sp³-hybridized carbons (Fsp3) is 0.385. The van der Waals surface area contributed by atoms with Crippen LogP contribution in [0.5, 0.6) is 0 Å². The molecule has 0 aromatic heterocycles. The predicted molar refractivity (Wildman–Crippen MR) is 61.0 cm³/mol. The van der Waals surface area contributed by atoms with Gasteiger partial charge in [0, 0.05) is 6.04 Å². The van der Waals surface area contributed by atoms with Crippen molar-refractivity contribution in [3.05, 3.63) is 35.4 Å². The molecule has 0 bridgehead atoms. The van der Waals surface area contributed by atoms with E-state index in [2.05, 4.69) is 49.4 Å². The topological polar surface area (TPSA) is 12.0 Å². The van der Waals surface area contributed by atoms with Crippen LogP contribution in [0.4, 0.5) is 0 Å². The van der Waals surface area contributed by atoms with E-state index in [-0.39, 0.29) is 6.04 Å². The Morgan fingerprint density at radius 3 is 2.29 bits per heavy atom. The van der Waals surface area contributed by atoms with Gasteiger partial charge >= 0.3 is 0 Å². The summed E-state index contributed by atoms with van der Waals surface area (Å²) < 4.78 is 0. The van der Waals surface area contributed by atoms with Crippen LogP contribution in [-0.2, 0) is 0 Å². The first-order valence-electron chi connectivity index (χ1n) is 4.92. The quantitative estimate of drug-likeness (QED) is 0.717. The molecule has 14 heavy (non-hydrogen) atoms. The van der Waals surface area contributed by atoms with E-state index >= 15 is 0 Å². The van der Waals surface area contributed by atoms with E-state index < -0.39 is 0 Å². The minimum absolute atomic E-state index is 0.117. The van der Waals surface area contributed by atoms with E-state index in [1.54, 1.807) is 0 Å². The lowest BCUT2D eigenvalue weighted by Gasteiger charge is -2.16. The molecule has 74 valence electrons. The van der Waals surface area contributed by atoms with Crippen molar-refractivity contribution in [1.29, 1.82) is 0 Å². The number of nitrogens with one attached hydrogen (secondary N) is 1. The van der Waals surface area contributed by atoms with Crippen LogP contribution in [0.2, 0.25) is 0 Å². The van der Waals surface area contributed by atoms with Gasteiger partial charge in [0.15, 0.2) is 0 Å². The molecule has 0 saturated carbocycles. The molecule has 0 heterocycles. The van der Waals surface area contributed by atoms with E-state index in [9.17, 15) is 0 Å². The molecule has 2 atom stereocenters. The van der Waals surface area contributed by atoms with Gasteiger partial charge in [0.05, 0.1) is 6.04 Å². The van der Waals surface area contributed by atoms with Gasteiger partial charge in [-0.2, -0.15) is 0 Å². The maximum Gasteiger partial charge on any atom is 0.0662 e. The van der Waals surface area contributed by atoms with Crippen molar-refractivity contribution in [2.45, 2.75) is 32.9 Å². The second-order valence-electron chi connectivity index (χ2n) is 3.69. The average Bonchev–Trinajstić information content (AvgIpc) is 2.18. The molecule has 0 fully saturated rings. The van der Waals surface area contributed by atoms with E-state index in [4.69, 9.17) is 6.42 Å². The summed E-state index contributed by atoms with van der Waals surface area (Å²) in [5, 5.41) is 3.33. The first-order chi connectivity index (χ1) is 6.63. The van der Waals surface area contributed by atoms with Crippen molar-refractivity contribution in [1.82, 2.24) is 5.32 Å². The molecule has 1 rings (SSSR count). The largest absolute Gasteiger partial charge is 0.297 e. The standard InChI is InChI=1S/C13H17N/c1-5-11(3)14-12(4)13-8-6-10(2)7-9-13/h1,6-9,11-12,14H,2-4H3. The minimum atomic E-state index is 0.117. The molecule has 0 aliphatic rings. The maximum absolute atomic E-state index is 5.31. The number of terminal acetylenes is 1. The molecule has 0 amide bonds. The van der Waals surface area contributed by atoms with Crippen LogP contribution < -0.4 is 5.32 Å². The predicted octanol–water partition coefficient (Wildman–Crippen LogP) is 2.67. The number of aryl methyl sites for hydroxylation is 1. The normalized spacial score (nSPS) is 14.4. The van der Waals surface area contributed by atoms with Crippen LogP contribution in [0.15, 0.2) is 24.3 Å². The molecule has 1 aromatic rings. The highest BCUT2D eigenvalue weighted by Gasteiger charge is 2.06. The Morgan fingerprint density at radius 1 is 1.21 bits per heavy atom. The Hall–Kier alpha value is -1.26. The Balaban J connectivity index is 2.66. The zero-order valence-corrected chi connectivity index (χ0v) is 9.04. The lowest BCUT2D eigenvalue weighted by molar-refractivity contribution is 0.546. The van der Waals surface area contributed by atoms with Gasteiger partial charge in [0.1, 0.15) is 0 Å². The maximum atomic E-state index is 5.31. The number of benzene rings is 1. The highest BCUT2D eigenvalue weighted by molar-refractivity contribution is 5.24. The second kappa shape index (κ2) is 4.83. The Bertz CT molecular complexity index is 318. The smallest absolute Gasteiger partial charge is 0.0662 e. The molecular weight excluding hydrogens is 170 g/mol. The summed E-state index contributed by atoms with van der Waals surface area (Å²) in [6.07, 6.45) is 5.31. The van der Waals surface area contributed by atoms with Gasteiger partial charge in [0.2, 0.25) is 0 Å². The molecule has 0 saturated heterocycles. The van der Waals surface area contributed by atoms with Crippen LogP contribution >= 0.6 is 0 Å². The zero-order chi connectivity index (χ0) is 10.6. The monoisotopic (exact) mass is 187 g/mol. The van der Waals surface area contributed by atoms with Crippen molar-refractivity contribution in [3.8, 4) is 12.3 Å². The molecule has 2 unspecified atom stereocenters. The third-order valence-electron chi connectivity index (χ3n) is 2.33. The van der Waals surface area contributed by atoms with Gasteiger partial charge in [-0.15, -0.1) is 6.42 Å². The highest BCUT2D eigenvalue weighted by Crippen LogP contribution is 2.13. The van der Waals surface area contributed by atoms with E-state index in [0.717, 1.165) is 0 Å². The van der Waals surface area contributed by atoms with Crippen molar-refractivity contribution < 1.29 is 0 Å². The summed E-state index contributed by atoms with van der Waals surface area (Å²) in [6, 6.07) is 8.93. The average molecular weight is 187 g/mol. The minimum Gasteiger partial charge on any atom is -0.297 e. The molecule has 0 aliphatic heterocycles. The van der Waals surface area contributed by atoms with Crippen molar-refractivity contribution in [2.75, 3.05) is 0 Å². The van der Waals surface area contributed by atoms with Gasteiger partial charge in [-0.1, -0.05) is 35.7 Å². The molecule has 0 spiro atoms. The van der Waals surface area contributed by atoms with Crippen molar-refractivity contribution in [2.24, 2.45) is 0 Å². The first kappa shape index (κ1) is 10.8. The summed E-state index contributed by atoms with van der Waals surface area (Å²) in [7, 11) is 0.